The summed E-state index contributed by atoms with van der Waals surface area (Å²) in [5.41, 5.74) is 2.04. The number of carbonyl (C=O) groups excluding carboxylic acids is 1. The number of anilines is 1. The number of carboxylic acid groups (broad SMARTS) is 1. The van der Waals surface area contributed by atoms with Crippen molar-refractivity contribution < 1.29 is 14.7 Å². The van der Waals surface area contributed by atoms with E-state index in [-0.39, 0.29) is 18.7 Å². The molecule has 0 bridgehead atoms. The number of benzene rings is 1. The van der Waals surface area contributed by atoms with Gasteiger partial charge in [-0.05, 0) is 17.7 Å². The standard InChI is InChI=1S/C13H12ClNO3/c1-15-11-7-9(14)3-4-10(11)8(6-13(17)18)2-5-12(15)16/h2-4,7H,5-6H2,1H3,(H,17,18). The lowest BCUT2D eigenvalue weighted by Gasteiger charge is -2.18. The number of amides is 1. The molecule has 2 rings (SSSR count). The van der Waals surface area contributed by atoms with Crippen LogP contribution >= 0.6 is 11.6 Å². The molecular weight excluding hydrogens is 254 g/mol. The maximum Gasteiger partial charge on any atom is 0.307 e. The Kier molecular flexibility index (Phi) is 3.39. The Morgan fingerprint density at radius 1 is 1.50 bits per heavy atom. The summed E-state index contributed by atoms with van der Waals surface area (Å²) >= 11 is 5.92. The number of carbonyl (C=O) groups is 2. The van der Waals surface area contributed by atoms with Crippen molar-refractivity contribution in [3.63, 3.8) is 0 Å². The number of rotatable bonds is 2. The molecule has 0 radical (unpaired) electrons. The van der Waals surface area contributed by atoms with Crippen molar-refractivity contribution >= 4 is 34.7 Å². The molecule has 0 saturated heterocycles. The van der Waals surface area contributed by atoms with Crippen molar-refractivity contribution in [1.82, 2.24) is 0 Å². The number of hydrogen-bond acceptors (Lipinski definition) is 2. The highest BCUT2D eigenvalue weighted by Gasteiger charge is 2.21. The van der Waals surface area contributed by atoms with E-state index in [0.717, 1.165) is 5.56 Å². The molecule has 0 fully saturated rings. The summed E-state index contributed by atoms with van der Waals surface area (Å²) in [6.07, 6.45) is 1.77. The fourth-order valence-electron chi connectivity index (χ4n) is 1.98. The van der Waals surface area contributed by atoms with Crippen LogP contribution in [0.1, 0.15) is 18.4 Å². The predicted molar refractivity (Wildman–Crippen MR) is 69.7 cm³/mol. The van der Waals surface area contributed by atoms with Gasteiger partial charge in [0.05, 0.1) is 12.1 Å². The Hall–Kier alpha value is -1.81. The van der Waals surface area contributed by atoms with Crippen molar-refractivity contribution in [2.75, 3.05) is 11.9 Å². The molecule has 0 atom stereocenters. The van der Waals surface area contributed by atoms with Gasteiger partial charge in [0.1, 0.15) is 0 Å². The van der Waals surface area contributed by atoms with Gasteiger partial charge in [0.25, 0.3) is 0 Å². The summed E-state index contributed by atoms with van der Waals surface area (Å²) < 4.78 is 0. The van der Waals surface area contributed by atoms with E-state index < -0.39 is 5.97 Å². The molecule has 0 unspecified atom stereocenters. The Bertz CT molecular complexity index is 551. The van der Waals surface area contributed by atoms with Gasteiger partial charge in [-0.1, -0.05) is 23.7 Å². The maximum atomic E-state index is 11.8. The molecule has 0 aliphatic carbocycles. The van der Waals surface area contributed by atoms with Gasteiger partial charge in [-0.25, -0.2) is 0 Å². The number of halogens is 1. The average Bonchev–Trinajstić information content (AvgIpc) is 2.41. The first kappa shape index (κ1) is 12.6. The third-order valence-corrected chi connectivity index (χ3v) is 3.14. The normalized spacial score (nSPS) is 14.9. The van der Waals surface area contributed by atoms with Gasteiger partial charge in [0.15, 0.2) is 0 Å². The quantitative estimate of drug-likeness (QED) is 0.894. The number of nitrogens with zero attached hydrogens (tertiary/aromatic N) is 1. The molecule has 18 heavy (non-hydrogen) atoms. The van der Waals surface area contributed by atoms with Crippen molar-refractivity contribution in [3.8, 4) is 0 Å². The number of fused-ring (bicyclic) bond motifs is 1. The molecule has 5 heteroatoms. The molecule has 4 nitrogen and oxygen atoms in total. The van der Waals surface area contributed by atoms with Crippen LogP contribution in [0.5, 0.6) is 0 Å². The van der Waals surface area contributed by atoms with Crippen molar-refractivity contribution in [2.45, 2.75) is 12.8 Å². The van der Waals surface area contributed by atoms with Crippen LogP contribution in [-0.2, 0) is 9.59 Å². The minimum absolute atomic E-state index is 0.0843. The SMILES string of the molecule is CN1C(=O)CC=C(CC(=O)O)c2ccc(Cl)cc21. The molecule has 0 aromatic heterocycles. The number of aliphatic carboxylic acids is 1. The summed E-state index contributed by atoms with van der Waals surface area (Å²) in [4.78, 5) is 24.2. The molecule has 1 aromatic carbocycles. The van der Waals surface area contributed by atoms with Gasteiger partial charge in [-0.3, -0.25) is 9.59 Å². The van der Waals surface area contributed by atoms with Crippen LogP contribution in [-0.4, -0.2) is 24.0 Å². The first-order chi connectivity index (χ1) is 8.49. The molecule has 1 amide bonds. The lowest BCUT2D eigenvalue weighted by atomic mass is 10.0. The van der Waals surface area contributed by atoms with E-state index in [9.17, 15) is 9.59 Å². The summed E-state index contributed by atoms with van der Waals surface area (Å²) in [6, 6.07) is 5.12. The third-order valence-electron chi connectivity index (χ3n) is 2.91. The summed E-state index contributed by atoms with van der Waals surface area (Å²) in [6.45, 7) is 0. The zero-order valence-corrected chi connectivity index (χ0v) is 10.6. The lowest BCUT2D eigenvalue weighted by Crippen LogP contribution is -2.25. The zero-order valence-electron chi connectivity index (χ0n) is 9.81. The molecule has 0 saturated carbocycles. The van der Waals surface area contributed by atoms with Crippen LogP contribution in [0, 0.1) is 0 Å². The van der Waals surface area contributed by atoms with Gasteiger partial charge >= 0.3 is 5.97 Å². The van der Waals surface area contributed by atoms with E-state index in [1.807, 2.05) is 0 Å². The predicted octanol–water partition coefficient (Wildman–Crippen LogP) is 2.56. The Morgan fingerprint density at radius 3 is 2.89 bits per heavy atom. The second kappa shape index (κ2) is 4.82. The Morgan fingerprint density at radius 2 is 2.22 bits per heavy atom. The van der Waals surface area contributed by atoms with Crippen LogP contribution < -0.4 is 4.90 Å². The minimum Gasteiger partial charge on any atom is -0.481 e. The van der Waals surface area contributed by atoms with Gasteiger partial charge < -0.3 is 10.0 Å². The molecule has 1 aliphatic rings. The Labute approximate surface area is 109 Å². The second-order valence-electron chi connectivity index (χ2n) is 4.12. The van der Waals surface area contributed by atoms with E-state index in [0.29, 0.717) is 16.3 Å². The topological polar surface area (TPSA) is 57.6 Å². The van der Waals surface area contributed by atoms with E-state index in [4.69, 9.17) is 16.7 Å². The molecule has 94 valence electrons. The van der Waals surface area contributed by atoms with Gasteiger partial charge in [0, 0.05) is 24.1 Å². The minimum atomic E-state index is -0.917. The smallest absolute Gasteiger partial charge is 0.307 e. The first-order valence-corrected chi connectivity index (χ1v) is 5.84. The maximum absolute atomic E-state index is 11.8. The third kappa shape index (κ3) is 2.38. The average molecular weight is 266 g/mol. The fraction of sp³-hybridized carbons (Fsp3) is 0.231. The van der Waals surface area contributed by atoms with Gasteiger partial charge in [0.2, 0.25) is 5.91 Å². The molecule has 1 aromatic rings. The fourth-order valence-corrected chi connectivity index (χ4v) is 2.14. The summed E-state index contributed by atoms with van der Waals surface area (Å²) in [5.74, 6) is -1.00. The van der Waals surface area contributed by atoms with Crippen LogP contribution in [0.25, 0.3) is 5.57 Å². The van der Waals surface area contributed by atoms with Gasteiger partial charge in [-0.2, -0.15) is 0 Å². The number of hydrogen-bond donors (Lipinski definition) is 1. The summed E-state index contributed by atoms with van der Waals surface area (Å²) in [7, 11) is 1.66. The van der Waals surface area contributed by atoms with Crippen molar-refractivity contribution in [3.05, 3.63) is 34.9 Å². The highest BCUT2D eigenvalue weighted by atomic mass is 35.5. The highest BCUT2D eigenvalue weighted by molar-refractivity contribution is 6.31. The van der Waals surface area contributed by atoms with Crippen LogP contribution in [0.2, 0.25) is 5.02 Å². The molecule has 1 aliphatic heterocycles. The molecule has 1 heterocycles. The van der Waals surface area contributed by atoms with Crippen LogP contribution in [0.15, 0.2) is 24.3 Å². The number of carboxylic acids is 1. The zero-order chi connectivity index (χ0) is 13.3. The van der Waals surface area contributed by atoms with Crippen LogP contribution in [0.3, 0.4) is 0 Å². The lowest BCUT2D eigenvalue weighted by molar-refractivity contribution is -0.135. The van der Waals surface area contributed by atoms with E-state index in [2.05, 4.69) is 0 Å². The monoisotopic (exact) mass is 265 g/mol. The van der Waals surface area contributed by atoms with Crippen LogP contribution in [0.4, 0.5) is 5.69 Å². The van der Waals surface area contributed by atoms with Gasteiger partial charge in [-0.15, -0.1) is 0 Å². The van der Waals surface area contributed by atoms with E-state index in [1.54, 1.807) is 31.3 Å². The Balaban J connectivity index is 2.55. The van der Waals surface area contributed by atoms with E-state index in [1.165, 1.54) is 4.90 Å². The first-order valence-electron chi connectivity index (χ1n) is 5.46. The molecular formula is C13H12ClNO3. The van der Waals surface area contributed by atoms with E-state index >= 15 is 0 Å². The highest BCUT2D eigenvalue weighted by Crippen LogP contribution is 2.34. The summed E-state index contributed by atoms with van der Waals surface area (Å²) in [5, 5.41) is 9.42. The van der Waals surface area contributed by atoms with Crippen molar-refractivity contribution in [2.24, 2.45) is 0 Å². The molecule has 0 spiro atoms. The van der Waals surface area contributed by atoms with Crippen molar-refractivity contribution in [1.29, 1.82) is 0 Å². The second-order valence-corrected chi connectivity index (χ2v) is 4.55. The molecule has 1 N–H and O–H groups in total. The largest absolute Gasteiger partial charge is 0.481 e.